The summed E-state index contributed by atoms with van der Waals surface area (Å²) in [5, 5.41) is 0. The molecule has 2 unspecified atom stereocenters. The molecule has 1 fully saturated rings. The highest BCUT2D eigenvalue weighted by atomic mass is 19.2. The van der Waals surface area contributed by atoms with Gasteiger partial charge in [0.2, 0.25) is 0 Å². The second-order valence-electron chi connectivity index (χ2n) is 10.6. The molecule has 1 saturated heterocycles. The van der Waals surface area contributed by atoms with Gasteiger partial charge in [0.1, 0.15) is 34.6 Å². The lowest BCUT2D eigenvalue weighted by atomic mass is 9.93. The lowest BCUT2D eigenvalue weighted by Gasteiger charge is -2.29. The Morgan fingerprint density at radius 2 is 1.43 bits per heavy atom. The maximum Gasteiger partial charge on any atom is 0.349 e. The van der Waals surface area contributed by atoms with Gasteiger partial charge in [-0.1, -0.05) is 25.1 Å². The number of hydrogen-bond acceptors (Lipinski definition) is 4. The van der Waals surface area contributed by atoms with Crippen LogP contribution in [0.2, 0.25) is 0 Å². The number of carbonyl (C=O) groups excluding carboxylic acids is 1. The summed E-state index contributed by atoms with van der Waals surface area (Å²) >= 11 is 0. The fourth-order valence-electron chi connectivity index (χ4n) is 5.10. The first kappa shape index (κ1) is 31.3. The lowest BCUT2D eigenvalue weighted by Crippen LogP contribution is -2.24. The molecule has 10 heteroatoms. The number of hydrogen-bond donors (Lipinski definition) is 0. The third-order valence-electron chi connectivity index (χ3n) is 7.38. The molecule has 0 aliphatic carbocycles. The van der Waals surface area contributed by atoms with Crippen molar-refractivity contribution in [2.75, 3.05) is 19.8 Å². The standard InChI is InChI=1S/C34H28F6O4/c1-2-11-42-17-19-3-10-32(43-18-19)21-4-7-25(27(36)13-21)22-14-30(39)33(31(40)15-22)34(41)44-23-6-8-24(28(37)16-23)20-5-9-26(35)29(38)12-20/h4-9,12-16,19,32H,2-3,10-11,17-18H2,1H3. The fraction of sp³-hybridized carbons (Fsp3) is 0.265. The highest BCUT2D eigenvalue weighted by molar-refractivity contribution is 5.92. The largest absolute Gasteiger partial charge is 0.423 e. The Hall–Kier alpha value is -4.15. The van der Waals surface area contributed by atoms with E-state index in [1.807, 2.05) is 6.92 Å². The van der Waals surface area contributed by atoms with Crippen LogP contribution >= 0.6 is 0 Å². The summed E-state index contributed by atoms with van der Waals surface area (Å²) in [5.74, 6) is -8.12. The van der Waals surface area contributed by atoms with Crippen LogP contribution in [-0.4, -0.2) is 25.8 Å². The molecule has 44 heavy (non-hydrogen) atoms. The third-order valence-corrected chi connectivity index (χ3v) is 7.38. The van der Waals surface area contributed by atoms with E-state index < -0.39 is 46.4 Å². The average Bonchev–Trinajstić information content (AvgIpc) is 2.99. The van der Waals surface area contributed by atoms with Crippen molar-refractivity contribution in [1.82, 2.24) is 0 Å². The van der Waals surface area contributed by atoms with Crippen molar-refractivity contribution in [3.8, 4) is 28.0 Å². The summed E-state index contributed by atoms with van der Waals surface area (Å²) in [6.45, 7) is 3.81. The van der Waals surface area contributed by atoms with E-state index in [1.165, 1.54) is 12.1 Å². The number of esters is 1. The highest BCUT2D eigenvalue weighted by Crippen LogP contribution is 2.35. The van der Waals surface area contributed by atoms with E-state index in [4.69, 9.17) is 14.2 Å². The zero-order valence-electron chi connectivity index (χ0n) is 23.6. The van der Waals surface area contributed by atoms with Crippen LogP contribution < -0.4 is 4.74 Å². The van der Waals surface area contributed by atoms with Crippen molar-refractivity contribution < 1.29 is 45.3 Å². The Balaban J connectivity index is 1.28. The van der Waals surface area contributed by atoms with E-state index in [-0.39, 0.29) is 40.0 Å². The van der Waals surface area contributed by atoms with Gasteiger partial charge in [-0.2, -0.15) is 0 Å². The van der Waals surface area contributed by atoms with E-state index >= 15 is 13.2 Å². The Kier molecular flexibility index (Phi) is 9.71. The molecular formula is C34H28F6O4. The number of benzene rings is 4. The molecule has 1 aliphatic rings. The van der Waals surface area contributed by atoms with Gasteiger partial charge in [-0.25, -0.2) is 31.1 Å². The van der Waals surface area contributed by atoms with E-state index in [0.29, 0.717) is 31.8 Å². The molecule has 0 radical (unpaired) electrons. The minimum atomic E-state index is -1.45. The van der Waals surface area contributed by atoms with Crippen LogP contribution in [0, 0.1) is 40.8 Å². The smallest absolute Gasteiger partial charge is 0.349 e. The Morgan fingerprint density at radius 1 is 0.750 bits per heavy atom. The van der Waals surface area contributed by atoms with Gasteiger partial charge in [0.15, 0.2) is 11.6 Å². The zero-order chi connectivity index (χ0) is 31.4. The first-order valence-electron chi connectivity index (χ1n) is 14.1. The van der Waals surface area contributed by atoms with Gasteiger partial charge in [0, 0.05) is 29.7 Å². The van der Waals surface area contributed by atoms with Crippen molar-refractivity contribution >= 4 is 5.97 Å². The lowest BCUT2D eigenvalue weighted by molar-refractivity contribution is -0.0434. The predicted octanol–water partition coefficient (Wildman–Crippen LogP) is 8.97. The number of ether oxygens (including phenoxy) is 3. The SMILES string of the molecule is CCCOCC1CCC(c2ccc(-c3cc(F)c(C(=O)Oc4ccc(-c5ccc(F)c(F)c5)c(F)c4)c(F)c3)c(F)c2)OC1. The van der Waals surface area contributed by atoms with Crippen LogP contribution in [0.25, 0.3) is 22.3 Å². The van der Waals surface area contributed by atoms with Crippen molar-refractivity contribution in [1.29, 1.82) is 0 Å². The van der Waals surface area contributed by atoms with Gasteiger partial charge < -0.3 is 14.2 Å². The van der Waals surface area contributed by atoms with Crippen molar-refractivity contribution in [2.45, 2.75) is 32.3 Å². The van der Waals surface area contributed by atoms with E-state index in [1.54, 1.807) is 6.07 Å². The maximum atomic E-state index is 15.1. The fourth-order valence-corrected chi connectivity index (χ4v) is 5.10. The van der Waals surface area contributed by atoms with Gasteiger partial charge in [-0.15, -0.1) is 0 Å². The quantitative estimate of drug-likeness (QED) is 0.0817. The number of carbonyl (C=O) groups is 1. The average molecular weight is 615 g/mol. The summed E-state index contributed by atoms with van der Waals surface area (Å²) in [6.07, 6.45) is 2.15. The van der Waals surface area contributed by atoms with Crippen LogP contribution in [0.1, 0.15) is 48.2 Å². The van der Waals surface area contributed by atoms with Crippen LogP contribution in [0.5, 0.6) is 5.75 Å². The second-order valence-corrected chi connectivity index (χ2v) is 10.6. The van der Waals surface area contributed by atoms with Crippen LogP contribution in [0.4, 0.5) is 26.3 Å². The van der Waals surface area contributed by atoms with Crippen molar-refractivity contribution in [2.24, 2.45) is 5.92 Å². The molecule has 4 aromatic rings. The zero-order valence-corrected chi connectivity index (χ0v) is 23.6. The maximum absolute atomic E-state index is 15.1. The Morgan fingerprint density at radius 3 is 2.07 bits per heavy atom. The van der Waals surface area contributed by atoms with Crippen LogP contribution in [-0.2, 0) is 9.47 Å². The van der Waals surface area contributed by atoms with Crippen LogP contribution in [0.15, 0.2) is 66.7 Å². The monoisotopic (exact) mass is 614 g/mol. The third kappa shape index (κ3) is 6.97. The molecule has 0 aromatic heterocycles. The normalized spacial score (nSPS) is 16.6. The molecule has 0 N–H and O–H groups in total. The minimum absolute atomic E-state index is 0.0278. The summed E-state index contributed by atoms with van der Waals surface area (Å²) in [6, 6.07) is 11.8. The highest BCUT2D eigenvalue weighted by Gasteiger charge is 2.26. The second kappa shape index (κ2) is 13.7. The molecule has 2 atom stereocenters. The molecular weight excluding hydrogens is 586 g/mol. The summed E-state index contributed by atoms with van der Waals surface area (Å²) in [7, 11) is 0. The molecule has 1 aliphatic heterocycles. The summed E-state index contributed by atoms with van der Waals surface area (Å²) in [5.41, 5.74) is -0.759. The van der Waals surface area contributed by atoms with Gasteiger partial charge in [-0.05, 0) is 78.4 Å². The number of halogens is 6. The molecule has 0 spiro atoms. The molecule has 4 nitrogen and oxygen atoms in total. The van der Waals surface area contributed by atoms with Gasteiger partial charge in [0.05, 0.1) is 19.3 Å². The van der Waals surface area contributed by atoms with E-state index in [2.05, 4.69) is 0 Å². The van der Waals surface area contributed by atoms with Crippen molar-refractivity contribution in [3.05, 3.63) is 113 Å². The molecule has 1 heterocycles. The van der Waals surface area contributed by atoms with Gasteiger partial charge in [0.25, 0.3) is 0 Å². The molecule has 0 saturated carbocycles. The molecule has 230 valence electrons. The van der Waals surface area contributed by atoms with Gasteiger partial charge in [-0.3, -0.25) is 0 Å². The summed E-state index contributed by atoms with van der Waals surface area (Å²) < 4.78 is 103. The minimum Gasteiger partial charge on any atom is -0.423 e. The van der Waals surface area contributed by atoms with E-state index in [9.17, 15) is 18.0 Å². The molecule has 5 rings (SSSR count). The van der Waals surface area contributed by atoms with E-state index in [0.717, 1.165) is 61.4 Å². The molecule has 0 amide bonds. The first-order valence-corrected chi connectivity index (χ1v) is 14.1. The van der Waals surface area contributed by atoms with Crippen molar-refractivity contribution in [3.63, 3.8) is 0 Å². The Labute approximate surface area is 250 Å². The number of rotatable bonds is 9. The van der Waals surface area contributed by atoms with Crippen LogP contribution in [0.3, 0.4) is 0 Å². The topological polar surface area (TPSA) is 44.8 Å². The molecule has 0 bridgehead atoms. The first-order chi connectivity index (χ1) is 21.1. The Bertz CT molecular complexity index is 1640. The summed E-state index contributed by atoms with van der Waals surface area (Å²) in [4.78, 5) is 12.6. The predicted molar refractivity (Wildman–Crippen MR) is 151 cm³/mol. The molecule has 4 aromatic carbocycles. The van der Waals surface area contributed by atoms with Gasteiger partial charge >= 0.3 is 5.97 Å².